The van der Waals surface area contributed by atoms with Crippen molar-refractivity contribution in [1.82, 2.24) is 15.6 Å². The Morgan fingerprint density at radius 1 is 1.40 bits per heavy atom. The first kappa shape index (κ1) is 16.2. The molecule has 1 rings (SSSR count). The molecule has 2 amide bonds. The zero-order chi connectivity index (χ0) is 15.0. The van der Waals surface area contributed by atoms with Gasteiger partial charge in [-0.3, -0.25) is 9.59 Å². The minimum absolute atomic E-state index is 0.164. The van der Waals surface area contributed by atoms with Crippen molar-refractivity contribution in [2.45, 2.75) is 6.42 Å². The van der Waals surface area contributed by atoms with Crippen LogP contribution in [0.1, 0.15) is 16.8 Å². The number of amides is 2. The third kappa shape index (κ3) is 5.41. The van der Waals surface area contributed by atoms with Gasteiger partial charge < -0.3 is 21.1 Å². The first-order chi connectivity index (χ1) is 9.54. The van der Waals surface area contributed by atoms with Crippen LogP contribution >= 0.6 is 11.6 Å². The molecule has 0 unspecified atom stereocenters. The molecule has 4 N–H and O–H groups in total. The maximum absolute atomic E-state index is 11.8. The van der Waals surface area contributed by atoms with Crippen LogP contribution in [0.25, 0.3) is 0 Å². The summed E-state index contributed by atoms with van der Waals surface area (Å²) >= 11 is 5.84. The van der Waals surface area contributed by atoms with Crippen molar-refractivity contribution < 1.29 is 14.3 Å². The number of nitrogens with zero attached hydrogens (tertiary/aromatic N) is 1. The van der Waals surface area contributed by atoms with E-state index in [9.17, 15) is 9.59 Å². The third-order valence-corrected chi connectivity index (χ3v) is 2.69. The Bertz CT molecular complexity index is 482. The van der Waals surface area contributed by atoms with Crippen LogP contribution in [0.15, 0.2) is 12.3 Å². The summed E-state index contributed by atoms with van der Waals surface area (Å²) in [5, 5.41) is 5.45. The number of carbonyl (C=O) groups excluding carboxylic acids is 2. The topological polar surface area (TPSA) is 106 Å². The number of pyridine rings is 1. The fraction of sp³-hybridized carbons (Fsp3) is 0.417. The second-order valence-electron chi connectivity index (χ2n) is 3.94. The summed E-state index contributed by atoms with van der Waals surface area (Å²) in [7, 11) is 1.55. The van der Waals surface area contributed by atoms with E-state index in [1.54, 1.807) is 7.11 Å². The number of aromatic nitrogens is 1. The highest BCUT2D eigenvalue weighted by atomic mass is 35.5. The highest BCUT2D eigenvalue weighted by Gasteiger charge is 2.11. The number of anilines is 1. The molecule has 0 aliphatic heterocycles. The molecular weight excluding hydrogens is 284 g/mol. The molecule has 0 saturated carbocycles. The summed E-state index contributed by atoms with van der Waals surface area (Å²) in [6.07, 6.45) is 1.48. The van der Waals surface area contributed by atoms with E-state index in [-0.39, 0.29) is 35.3 Å². The van der Waals surface area contributed by atoms with E-state index in [0.29, 0.717) is 13.2 Å². The van der Waals surface area contributed by atoms with E-state index in [1.807, 2.05) is 0 Å². The quantitative estimate of drug-likeness (QED) is 0.624. The van der Waals surface area contributed by atoms with Gasteiger partial charge >= 0.3 is 0 Å². The van der Waals surface area contributed by atoms with Gasteiger partial charge in [0.05, 0.1) is 17.2 Å². The van der Waals surface area contributed by atoms with Crippen LogP contribution in [0.4, 0.5) is 5.82 Å². The molecule has 1 aromatic heterocycles. The van der Waals surface area contributed by atoms with Gasteiger partial charge in [-0.25, -0.2) is 4.98 Å². The van der Waals surface area contributed by atoms with Gasteiger partial charge in [0.1, 0.15) is 5.82 Å². The van der Waals surface area contributed by atoms with Crippen LogP contribution in [0.3, 0.4) is 0 Å². The number of ether oxygens (including phenoxy) is 1. The van der Waals surface area contributed by atoms with E-state index in [2.05, 4.69) is 15.6 Å². The fourth-order valence-electron chi connectivity index (χ4n) is 1.39. The second kappa shape index (κ2) is 8.34. The molecular formula is C12H17ClN4O3. The molecule has 0 radical (unpaired) electrons. The van der Waals surface area contributed by atoms with Gasteiger partial charge in [0.2, 0.25) is 5.91 Å². The van der Waals surface area contributed by atoms with E-state index >= 15 is 0 Å². The van der Waals surface area contributed by atoms with Crippen molar-refractivity contribution in [2.75, 3.05) is 32.5 Å². The maximum Gasteiger partial charge on any atom is 0.253 e. The molecule has 0 aliphatic rings. The van der Waals surface area contributed by atoms with Crippen LogP contribution in [0.2, 0.25) is 5.02 Å². The Balaban J connectivity index is 2.36. The number of nitrogen functional groups attached to an aromatic ring is 1. The molecule has 0 atom stereocenters. The lowest BCUT2D eigenvalue weighted by Gasteiger charge is -2.07. The molecule has 20 heavy (non-hydrogen) atoms. The van der Waals surface area contributed by atoms with Gasteiger partial charge in [0.25, 0.3) is 5.91 Å². The Morgan fingerprint density at radius 3 is 2.85 bits per heavy atom. The van der Waals surface area contributed by atoms with Crippen LogP contribution in [0, 0.1) is 0 Å². The zero-order valence-electron chi connectivity index (χ0n) is 11.1. The maximum atomic E-state index is 11.8. The van der Waals surface area contributed by atoms with Crippen LogP contribution in [0.5, 0.6) is 0 Å². The Labute approximate surface area is 121 Å². The van der Waals surface area contributed by atoms with Crippen molar-refractivity contribution in [1.29, 1.82) is 0 Å². The minimum Gasteiger partial charge on any atom is -0.384 e. The number of hydrogen-bond donors (Lipinski definition) is 3. The Hall–Kier alpha value is -1.86. The number of nitrogens with two attached hydrogens (primary N) is 1. The number of rotatable bonds is 7. The van der Waals surface area contributed by atoms with Crippen LogP contribution in [-0.4, -0.2) is 43.6 Å². The summed E-state index contributed by atoms with van der Waals surface area (Å²) in [6, 6.07) is 1.39. The number of halogens is 1. The lowest BCUT2D eigenvalue weighted by molar-refractivity contribution is -0.121. The summed E-state index contributed by atoms with van der Waals surface area (Å²) in [5.74, 6) is -0.353. The van der Waals surface area contributed by atoms with Gasteiger partial charge in [-0.1, -0.05) is 11.6 Å². The molecule has 1 aromatic rings. The highest BCUT2D eigenvalue weighted by Crippen LogP contribution is 2.16. The predicted octanol–water partition coefficient (Wildman–Crippen LogP) is 0.200. The average Bonchev–Trinajstić information content (AvgIpc) is 2.41. The van der Waals surface area contributed by atoms with Gasteiger partial charge in [0, 0.05) is 32.8 Å². The van der Waals surface area contributed by atoms with Gasteiger partial charge in [-0.15, -0.1) is 0 Å². The molecule has 0 aliphatic carbocycles. The van der Waals surface area contributed by atoms with Crippen LogP contribution in [-0.2, 0) is 9.53 Å². The Morgan fingerprint density at radius 2 is 2.15 bits per heavy atom. The number of carbonyl (C=O) groups is 2. The predicted molar refractivity (Wildman–Crippen MR) is 75.5 cm³/mol. The van der Waals surface area contributed by atoms with Crippen LogP contribution < -0.4 is 16.4 Å². The Kier molecular flexibility index (Phi) is 6.75. The van der Waals surface area contributed by atoms with Crippen molar-refractivity contribution in [2.24, 2.45) is 0 Å². The SMILES string of the molecule is COCCNC(=O)CCNC(=O)c1cc(N)ncc1Cl. The van der Waals surface area contributed by atoms with Gasteiger partial charge in [0.15, 0.2) is 0 Å². The molecule has 8 heteroatoms. The fourth-order valence-corrected chi connectivity index (χ4v) is 1.58. The number of methoxy groups -OCH3 is 1. The molecule has 0 fully saturated rings. The number of hydrogen-bond acceptors (Lipinski definition) is 5. The van der Waals surface area contributed by atoms with Gasteiger partial charge in [-0.05, 0) is 6.07 Å². The molecule has 110 valence electrons. The van der Waals surface area contributed by atoms with Crippen molar-refractivity contribution in [3.05, 3.63) is 22.8 Å². The van der Waals surface area contributed by atoms with Crippen molar-refractivity contribution >= 4 is 29.2 Å². The molecule has 0 saturated heterocycles. The lowest BCUT2D eigenvalue weighted by atomic mass is 10.2. The first-order valence-electron chi connectivity index (χ1n) is 5.99. The smallest absolute Gasteiger partial charge is 0.253 e. The molecule has 0 spiro atoms. The van der Waals surface area contributed by atoms with E-state index in [1.165, 1.54) is 12.3 Å². The molecule has 7 nitrogen and oxygen atoms in total. The summed E-state index contributed by atoms with van der Waals surface area (Å²) in [5.41, 5.74) is 5.72. The average molecular weight is 301 g/mol. The normalized spacial score (nSPS) is 10.1. The highest BCUT2D eigenvalue weighted by molar-refractivity contribution is 6.33. The minimum atomic E-state index is -0.395. The molecule has 1 heterocycles. The summed E-state index contributed by atoms with van der Waals surface area (Å²) in [6.45, 7) is 1.09. The first-order valence-corrected chi connectivity index (χ1v) is 6.37. The summed E-state index contributed by atoms with van der Waals surface area (Å²) < 4.78 is 4.80. The van der Waals surface area contributed by atoms with Crippen molar-refractivity contribution in [3.63, 3.8) is 0 Å². The second-order valence-corrected chi connectivity index (χ2v) is 4.34. The van der Waals surface area contributed by atoms with Crippen molar-refractivity contribution in [3.8, 4) is 0 Å². The number of nitrogens with one attached hydrogen (secondary N) is 2. The zero-order valence-corrected chi connectivity index (χ0v) is 11.9. The summed E-state index contributed by atoms with van der Waals surface area (Å²) in [4.78, 5) is 27.0. The van der Waals surface area contributed by atoms with E-state index in [0.717, 1.165) is 0 Å². The molecule has 0 aromatic carbocycles. The van der Waals surface area contributed by atoms with E-state index < -0.39 is 5.91 Å². The lowest BCUT2D eigenvalue weighted by Crippen LogP contribution is -2.32. The van der Waals surface area contributed by atoms with Gasteiger partial charge in [-0.2, -0.15) is 0 Å². The largest absolute Gasteiger partial charge is 0.384 e. The molecule has 0 bridgehead atoms. The van der Waals surface area contributed by atoms with E-state index in [4.69, 9.17) is 22.1 Å². The standard InChI is InChI=1S/C12H17ClN4O3/c1-20-5-4-15-11(18)2-3-16-12(19)8-6-10(14)17-7-9(8)13/h6-7H,2-5H2,1H3,(H2,14,17)(H,15,18)(H,16,19). The third-order valence-electron chi connectivity index (χ3n) is 2.39. The monoisotopic (exact) mass is 300 g/mol.